The highest BCUT2D eigenvalue weighted by molar-refractivity contribution is 5.95. The van der Waals surface area contributed by atoms with Gasteiger partial charge in [0, 0.05) is 29.7 Å². The van der Waals surface area contributed by atoms with Gasteiger partial charge >= 0.3 is 5.97 Å². The number of Topliss-reactive ketones (excluding diaryl/α,β-unsaturated/α-hetero) is 1. The molecule has 1 saturated carbocycles. The number of esters is 1. The summed E-state index contributed by atoms with van der Waals surface area (Å²) in [5.74, 6) is -0.715. The molecule has 2 aromatic rings. The first kappa shape index (κ1) is 31.9. The number of carbonyl (C=O) groups excluding carboxylic acids is 3. The van der Waals surface area contributed by atoms with Crippen LogP contribution in [-0.2, 0) is 25.5 Å². The topological polar surface area (TPSA) is 85.8 Å². The summed E-state index contributed by atoms with van der Waals surface area (Å²) < 4.78 is 26.7. The Balaban J connectivity index is 1.42. The van der Waals surface area contributed by atoms with Gasteiger partial charge in [0.15, 0.2) is 5.78 Å². The fourth-order valence-electron chi connectivity index (χ4n) is 7.34. The molecular formula is C36H45FN2O5. The molecule has 0 N–H and O–H groups in total. The van der Waals surface area contributed by atoms with E-state index in [0.29, 0.717) is 42.6 Å². The average molecular weight is 605 g/mol. The minimum Gasteiger partial charge on any atom is -0.483 e. The van der Waals surface area contributed by atoms with Crippen molar-refractivity contribution in [1.82, 2.24) is 9.88 Å². The molecule has 5 atom stereocenters. The number of ether oxygens (including phenoxy) is 2. The van der Waals surface area contributed by atoms with Gasteiger partial charge in [0.1, 0.15) is 22.7 Å². The van der Waals surface area contributed by atoms with Crippen LogP contribution < -0.4 is 4.74 Å². The van der Waals surface area contributed by atoms with Crippen molar-refractivity contribution in [2.45, 2.75) is 96.6 Å². The molecule has 1 spiro atoms. The first-order valence-corrected chi connectivity index (χ1v) is 16.1. The van der Waals surface area contributed by atoms with Crippen molar-refractivity contribution >= 4 is 28.6 Å². The van der Waals surface area contributed by atoms with Gasteiger partial charge in [-0.25, -0.2) is 9.37 Å². The predicted molar refractivity (Wildman–Crippen MR) is 168 cm³/mol. The summed E-state index contributed by atoms with van der Waals surface area (Å²) in [6.45, 7) is 13.7. The molecule has 1 amide bonds. The number of para-hydroxylation sites is 1. The summed E-state index contributed by atoms with van der Waals surface area (Å²) in [5, 5.41) is 0.727. The van der Waals surface area contributed by atoms with E-state index >= 15 is 0 Å². The van der Waals surface area contributed by atoms with Crippen LogP contribution >= 0.6 is 0 Å². The standard InChI is InChI=1S/C36H45FN2O5/c1-6-9-10-11-12-14-23(4)33(41)39-22-35(20-29(39)30(40)21-36(19-25(36)7-2)34(42)43-8-3)18-17-27-26-15-13-16-28(37)31(26)38-24(5)32(27)44-35/h6-7,13,15-16,23,25,29H,1-2,8-12,14,17-22H2,3-5H3/t23-,25?,29-,35+,36+/m0/s1. The second-order valence-corrected chi connectivity index (χ2v) is 13.0. The summed E-state index contributed by atoms with van der Waals surface area (Å²) in [6, 6.07) is 4.23. The van der Waals surface area contributed by atoms with Gasteiger partial charge in [-0.15, -0.1) is 13.2 Å². The van der Waals surface area contributed by atoms with Gasteiger partial charge < -0.3 is 14.4 Å². The lowest BCUT2D eigenvalue weighted by Crippen LogP contribution is -2.46. The maximum Gasteiger partial charge on any atom is 0.313 e. The molecule has 44 heavy (non-hydrogen) atoms. The van der Waals surface area contributed by atoms with Crippen LogP contribution in [0.5, 0.6) is 5.75 Å². The van der Waals surface area contributed by atoms with Crippen LogP contribution in [0.1, 0.15) is 82.9 Å². The number of aromatic nitrogens is 1. The van der Waals surface area contributed by atoms with Crippen LogP contribution in [0.25, 0.3) is 10.9 Å². The number of amides is 1. The smallest absolute Gasteiger partial charge is 0.313 e. The minimum absolute atomic E-state index is 0.00403. The monoisotopic (exact) mass is 604 g/mol. The second-order valence-electron chi connectivity index (χ2n) is 13.0. The first-order chi connectivity index (χ1) is 21.1. The fraction of sp³-hybridized carbons (Fsp3) is 0.556. The van der Waals surface area contributed by atoms with Crippen molar-refractivity contribution in [3.8, 4) is 5.75 Å². The van der Waals surface area contributed by atoms with E-state index in [-0.39, 0.29) is 54.9 Å². The number of likely N-dealkylation sites (tertiary alicyclic amines) is 1. The molecule has 1 aromatic carbocycles. The van der Waals surface area contributed by atoms with E-state index in [1.807, 2.05) is 26.0 Å². The molecule has 236 valence electrons. The summed E-state index contributed by atoms with van der Waals surface area (Å²) in [7, 11) is 0. The van der Waals surface area contributed by atoms with E-state index in [2.05, 4.69) is 18.1 Å². The van der Waals surface area contributed by atoms with Gasteiger partial charge in [-0.2, -0.15) is 0 Å². The quantitative estimate of drug-likeness (QED) is 0.142. The number of rotatable bonds is 13. The Morgan fingerprint density at radius 3 is 2.73 bits per heavy atom. The molecule has 0 bridgehead atoms. The lowest BCUT2D eigenvalue weighted by Gasteiger charge is -2.36. The normalized spacial score (nSPS) is 26.1. The molecule has 3 heterocycles. The Bertz CT molecular complexity index is 1470. The zero-order valence-electron chi connectivity index (χ0n) is 26.3. The molecule has 1 aliphatic carbocycles. The van der Waals surface area contributed by atoms with Gasteiger partial charge in [-0.1, -0.05) is 44.1 Å². The highest BCUT2D eigenvalue weighted by Gasteiger charge is 2.62. The number of benzene rings is 1. The highest BCUT2D eigenvalue weighted by Crippen LogP contribution is 2.57. The largest absolute Gasteiger partial charge is 0.483 e. The van der Waals surface area contributed by atoms with E-state index < -0.39 is 17.1 Å². The number of allylic oxidation sites excluding steroid dienone is 2. The van der Waals surface area contributed by atoms with E-state index in [1.54, 1.807) is 24.0 Å². The van der Waals surface area contributed by atoms with E-state index in [1.165, 1.54) is 6.07 Å². The number of fused-ring (bicyclic) bond motifs is 3. The summed E-state index contributed by atoms with van der Waals surface area (Å²) in [4.78, 5) is 47.4. The molecule has 8 heteroatoms. The van der Waals surface area contributed by atoms with Crippen LogP contribution in [0.4, 0.5) is 4.39 Å². The SMILES string of the molecule is C=CCCCCC[C@H](C)C(=O)N1C[C@@]2(CCc3c(c(C)nc4c(F)cccc34)O2)C[C@H]1C(=O)C[C@]1(C(=O)OCC)CC1C=C. The molecule has 3 aliphatic rings. The van der Waals surface area contributed by atoms with Gasteiger partial charge in [-0.3, -0.25) is 14.4 Å². The first-order valence-electron chi connectivity index (χ1n) is 16.1. The lowest BCUT2D eigenvalue weighted by atomic mass is 9.85. The highest BCUT2D eigenvalue weighted by atomic mass is 19.1. The predicted octanol–water partition coefficient (Wildman–Crippen LogP) is 6.83. The van der Waals surface area contributed by atoms with Gasteiger partial charge in [0.05, 0.1) is 30.3 Å². The third-order valence-corrected chi connectivity index (χ3v) is 9.96. The van der Waals surface area contributed by atoms with Gasteiger partial charge in [-0.05, 0) is 64.4 Å². The molecule has 0 radical (unpaired) electrons. The van der Waals surface area contributed by atoms with Gasteiger partial charge in [0.2, 0.25) is 5.91 Å². The van der Waals surface area contributed by atoms with E-state index in [9.17, 15) is 18.8 Å². The third kappa shape index (κ3) is 5.92. The van der Waals surface area contributed by atoms with Crippen LogP contribution in [-0.4, -0.2) is 52.3 Å². The average Bonchev–Trinajstić information content (AvgIpc) is 3.61. The van der Waals surface area contributed by atoms with Crippen molar-refractivity contribution in [3.05, 3.63) is 60.6 Å². The van der Waals surface area contributed by atoms with Crippen LogP contribution in [0, 0.1) is 30.0 Å². The van der Waals surface area contributed by atoms with Crippen molar-refractivity contribution in [2.24, 2.45) is 17.3 Å². The number of hydrogen-bond acceptors (Lipinski definition) is 6. The maximum absolute atomic E-state index is 14.6. The molecular weight excluding hydrogens is 559 g/mol. The van der Waals surface area contributed by atoms with Crippen molar-refractivity contribution < 1.29 is 28.2 Å². The molecule has 5 rings (SSSR count). The molecule has 2 fully saturated rings. The number of pyridine rings is 1. The van der Waals surface area contributed by atoms with Gasteiger partial charge in [0.25, 0.3) is 0 Å². The number of hydrogen-bond donors (Lipinski definition) is 0. The summed E-state index contributed by atoms with van der Waals surface area (Å²) in [5.41, 5.74) is 0.126. The maximum atomic E-state index is 14.6. The Kier molecular flexibility index (Phi) is 9.28. The Morgan fingerprint density at radius 2 is 2.02 bits per heavy atom. The molecule has 1 unspecified atom stereocenters. The molecule has 7 nitrogen and oxygen atoms in total. The van der Waals surface area contributed by atoms with Crippen molar-refractivity contribution in [3.63, 3.8) is 0 Å². The number of aryl methyl sites for hydroxylation is 2. The fourth-order valence-corrected chi connectivity index (χ4v) is 7.34. The van der Waals surface area contributed by atoms with Crippen LogP contribution in [0.15, 0.2) is 43.5 Å². The lowest BCUT2D eigenvalue weighted by molar-refractivity contribution is -0.152. The number of halogens is 1. The summed E-state index contributed by atoms with van der Waals surface area (Å²) >= 11 is 0. The molecule has 1 saturated heterocycles. The van der Waals surface area contributed by atoms with E-state index in [4.69, 9.17) is 9.47 Å². The zero-order valence-corrected chi connectivity index (χ0v) is 26.3. The second kappa shape index (κ2) is 12.8. The van der Waals surface area contributed by atoms with Crippen molar-refractivity contribution in [1.29, 1.82) is 0 Å². The number of nitrogens with zero attached hydrogens (tertiary/aromatic N) is 2. The van der Waals surface area contributed by atoms with Crippen LogP contribution in [0.3, 0.4) is 0 Å². The van der Waals surface area contributed by atoms with E-state index in [0.717, 1.165) is 43.1 Å². The zero-order chi connectivity index (χ0) is 31.6. The third-order valence-electron chi connectivity index (χ3n) is 9.96. The summed E-state index contributed by atoms with van der Waals surface area (Å²) in [6.07, 6.45) is 10.4. The Morgan fingerprint density at radius 1 is 1.23 bits per heavy atom. The Hall–Kier alpha value is -3.55. The molecule has 1 aromatic heterocycles. The number of carbonyl (C=O) groups is 3. The van der Waals surface area contributed by atoms with Crippen molar-refractivity contribution in [2.75, 3.05) is 13.2 Å². The minimum atomic E-state index is -0.917. The Labute approximate surface area is 259 Å². The number of ketones is 1. The number of unbranched alkanes of at least 4 members (excludes halogenated alkanes) is 3. The molecule has 2 aliphatic heterocycles. The van der Waals surface area contributed by atoms with Crippen LogP contribution in [0.2, 0.25) is 0 Å².